The standard InChI is InChI=1S/C24H24ClFN6O2/c25-14-10-29-23(30-11-14)20-12-31(13-21(20)28)24(33)19-4-1-15(26)7-22(19)34-18-8-16-2-3-17(9-18)32(16)6-5-27/h1,4,7,10-11,16-18,20,28H,2-3,6,8-9,12-13H2. The number of ether oxygens (including phenoxy) is 1. The van der Waals surface area contributed by atoms with Crippen LogP contribution >= 0.6 is 11.6 Å². The Morgan fingerprint density at radius 2 is 1.97 bits per heavy atom. The van der Waals surface area contributed by atoms with Crippen molar-refractivity contribution in [3.8, 4) is 11.8 Å². The topological polar surface area (TPSA) is 106 Å². The van der Waals surface area contributed by atoms with Crippen LogP contribution in [0.3, 0.4) is 0 Å². The first-order valence-corrected chi connectivity index (χ1v) is 11.7. The summed E-state index contributed by atoms with van der Waals surface area (Å²) < 4.78 is 20.4. The Labute approximate surface area is 201 Å². The van der Waals surface area contributed by atoms with E-state index in [4.69, 9.17) is 27.0 Å². The molecule has 3 aliphatic heterocycles. The molecule has 10 heteroatoms. The molecule has 3 saturated heterocycles. The fraction of sp³-hybridized carbons (Fsp3) is 0.458. The molecule has 0 spiro atoms. The fourth-order valence-electron chi connectivity index (χ4n) is 5.39. The van der Waals surface area contributed by atoms with Gasteiger partial charge in [-0.1, -0.05) is 11.6 Å². The van der Waals surface area contributed by atoms with Crippen LogP contribution < -0.4 is 4.74 Å². The molecule has 0 radical (unpaired) electrons. The largest absolute Gasteiger partial charge is 0.489 e. The van der Waals surface area contributed by atoms with E-state index in [2.05, 4.69) is 20.9 Å². The molecule has 3 aliphatic rings. The van der Waals surface area contributed by atoms with Gasteiger partial charge in [0, 0.05) is 42.8 Å². The monoisotopic (exact) mass is 482 g/mol. The van der Waals surface area contributed by atoms with Gasteiger partial charge in [0.1, 0.15) is 23.5 Å². The SMILES string of the molecule is N#CCN1C2CCC1CC(Oc1cc(F)ccc1C(=O)N1CC(=N)C(c3ncc(Cl)cn3)C1)C2. The molecule has 176 valence electrons. The molecule has 1 aromatic carbocycles. The summed E-state index contributed by atoms with van der Waals surface area (Å²) in [7, 11) is 0. The van der Waals surface area contributed by atoms with E-state index >= 15 is 0 Å². The summed E-state index contributed by atoms with van der Waals surface area (Å²) in [5.41, 5.74) is 0.611. The minimum absolute atomic E-state index is 0.142. The van der Waals surface area contributed by atoms with Gasteiger partial charge in [0.25, 0.3) is 5.91 Å². The number of likely N-dealkylation sites (tertiary alicyclic amines) is 1. The maximum atomic E-state index is 14.1. The van der Waals surface area contributed by atoms with Crippen LogP contribution in [0.4, 0.5) is 4.39 Å². The van der Waals surface area contributed by atoms with E-state index in [0.717, 1.165) is 25.7 Å². The van der Waals surface area contributed by atoms with Crippen molar-refractivity contribution in [1.29, 1.82) is 10.7 Å². The Morgan fingerprint density at radius 1 is 1.26 bits per heavy atom. The van der Waals surface area contributed by atoms with Crippen molar-refractivity contribution in [2.75, 3.05) is 19.6 Å². The number of fused-ring (bicyclic) bond motifs is 2. The van der Waals surface area contributed by atoms with Gasteiger partial charge in [0.15, 0.2) is 0 Å². The van der Waals surface area contributed by atoms with Crippen molar-refractivity contribution in [2.24, 2.45) is 0 Å². The molecule has 3 fully saturated rings. The van der Waals surface area contributed by atoms with Crippen molar-refractivity contribution in [1.82, 2.24) is 19.8 Å². The Kier molecular flexibility index (Phi) is 6.19. The zero-order chi connectivity index (χ0) is 23.8. The third-order valence-corrected chi connectivity index (χ3v) is 7.18. The number of amides is 1. The fourth-order valence-corrected chi connectivity index (χ4v) is 5.48. The van der Waals surface area contributed by atoms with Gasteiger partial charge >= 0.3 is 0 Å². The maximum Gasteiger partial charge on any atom is 0.257 e. The van der Waals surface area contributed by atoms with Gasteiger partial charge < -0.3 is 15.0 Å². The first-order valence-electron chi connectivity index (χ1n) is 11.4. The highest BCUT2D eigenvalue weighted by Crippen LogP contribution is 2.38. The first-order chi connectivity index (χ1) is 16.4. The highest BCUT2D eigenvalue weighted by Gasteiger charge is 2.42. The van der Waals surface area contributed by atoms with Crippen LogP contribution in [0.2, 0.25) is 5.02 Å². The van der Waals surface area contributed by atoms with E-state index in [1.165, 1.54) is 30.6 Å². The Morgan fingerprint density at radius 3 is 2.65 bits per heavy atom. The summed E-state index contributed by atoms with van der Waals surface area (Å²) in [6.45, 7) is 0.807. The van der Waals surface area contributed by atoms with E-state index in [9.17, 15) is 9.18 Å². The smallest absolute Gasteiger partial charge is 0.257 e. The molecule has 1 N–H and O–H groups in total. The average molecular weight is 483 g/mol. The number of halogens is 2. The number of aromatic nitrogens is 2. The van der Waals surface area contributed by atoms with Crippen molar-refractivity contribution in [3.63, 3.8) is 0 Å². The van der Waals surface area contributed by atoms with Gasteiger partial charge in [-0.2, -0.15) is 5.26 Å². The van der Waals surface area contributed by atoms with Crippen LogP contribution in [-0.4, -0.2) is 69.2 Å². The van der Waals surface area contributed by atoms with Gasteiger partial charge in [0.05, 0.1) is 35.7 Å². The van der Waals surface area contributed by atoms with Gasteiger partial charge in [-0.15, -0.1) is 0 Å². The summed E-state index contributed by atoms with van der Waals surface area (Å²) in [4.78, 5) is 25.6. The number of nitrogens with zero attached hydrogens (tertiary/aromatic N) is 5. The molecule has 5 rings (SSSR count). The van der Waals surface area contributed by atoms with Gasteiger partial charge in [-0.25, -0.2) is 14.4 Å². The lowest BCUT2D eigenvalue weighted by Gasteiger charge is -2.37. The number of nitriles is 1. The molecule has 8 nitrogen and oxygen atoms in total. The lowest BCUT2D eigenvalue weighted by atomic mass is 9.99. The summed E-state index contributed by atoms with van der Waals surface area (Å²) in [6, 6.07) is 6.75. The molecule has 1 aromatic heterocycles. The van der Waals surface area contributed by atoms with Gasteiger partial charge in [-0.05, 0) is 37.8 Å². The third-order valence-electron chi connectivity index (χ3n) is 6.99. The Bertz CT molecular complexity index is 1140. The van der Waals surface area contributed by atoms with E-state index in [1.54, 1.807) is 4.90 Å². The lowest BCUT2D eigenvalue weighted by Crippen LogP contribution is -2.46. The Hall–Kier alpha value is -3.09. The van der Waals surface area contributed by atoms with Gasteiger partial charge in [-0.3, -0.25) is 9.69 Å². The molecule has 2 bridgehead atoms. The van der Waals surface area contributed by atoms with E-state index in [-0.39, 0.29) is 48.5 Å². The quantitative estimate of drug-likeness (QED) is 0.654. The summed E-state index contributed by atoms with van der Waals surface area (Å²) in [5.74, 6) is -0.536. The van der Waals surface area contributed by atoms with Crippen molar-refractivity contribution >= 4 is 23.2 Å². The molecular formula is C24H24ClFN6O2. The number of piperidine rings is 1. The minimum atomic E-state index is -0.474. The zero-order valence-corrected chi connectivity index (χ0v) is 19.2. The number of hydrogen-bond acceptors (Lipinski definition) is 7. The highest BCUT2D eigenvalue weighted by atomic mass is 35.5. The number of rotatable bonds is 5. The maximum absolute atomic E-state index is 14.1. The lowest BCUT2D eigenvalue weighted by molar-refractivity contribution is 0.0559. The second kappa shape index (κ2) is 9.28. The number of nitrogens with one attached hydrogen (secondary N) is 1. The normalized spacial score (nSPS) is 26.5. The molecule has 4 heterocycles. The summed E-state index contributed by atoms with van der Waals surface area (Å²) in [5, 5.41) is 17.9. The molecule has 2 aromatic rings. The molecule has 3 unspecified atom stereocenters. The number of carbonyl (C=O) groups excluding carboxylic acids is 1. The van der Waals surface area contributed by atoms with Crippen LogP contribution in [0.1, 0.15) is 47.8 Å². The summed E-state index contributed by atoms with van der Waals surface area (Å²) in [6.07, 6.45) is 6.33. The first kappa shape index (κ1) is 22.7. The number of benzene rings is 1. The van der Waals surface area contributed by atoms with Crippen LogP contribution in [0.5, 0.6) is 5.75 Å². The van der Waals surface area contributed by atoms with Crippen molar-refractivity contribution < 1.29 is 13.9 Å². The second-order valence-electron chi connectivity index (χ2n) is 9.09. The minimum Gasteiger partial charge on any atom is -0.489 e. The molecular weight excluding hydrogens is 459 g/mol. The van der Waals surface area contributed by atoms with Crippen LogP contribution in [0, 0.1) is 22.6 Å². The number of carbonyl (C=O) groups is 1. The van der Waals surface area contributed by atoms with Crippen molar-refractivity contribution in [3.05, 3.63) is 52.8 Å². The van der Waals surface area contributed by atoms with Crippen LogP contribution in [0.15, 0.2) is 30.6 Å². The van der Waals surface area contributed by atoms with Crippen molar-refractivity contribution in [2.45, 2.75) is 49.8 Å². The third kappa shape index (κ3) is 4.36. The Balaban J connectivity index is 1.32. The predicted octanol–water partition coefficient (Wildman–Crippen LogP) is 3.43. The summed E-state index contributed by atoms with van der Waals surface area (Å²) >= 11 is 5.87. The van der Waals surface area contributed by atoms with E-state index in [0.29, 0.717) is 23.1 Å². The highest BCUT2D eigenvalue weighted by molar-refractivity contribution is 6.30. The second-order valence-corrected chi connectivity index (χ2v) is 9.53. The van der Waals surface area contributed by atoms with Gasteiger partial charge in [0.2, 0.25) is 0 Å². The van der Waals surface area contributed by atoms with E-state index < -0.39 is 11.7 Å². The predicted molar refractivity (Wildman–Crippen MR) is 123 cm³/mol. The van der Waals surface area contributed by atoms with Crippen LogP contribution in [-0.2, 0) is 0 Å². The molecule has 0 saturated carbocycles. The molecule has 34 heavy (non-hydrogen) atoms. The molecule has 0 aliphatic carbocycles. The van der Waals surface area contributed by atoms with Crippen LogP contribution in [0.25, 0.3) is 0 Å². The molecule has 1 amide bonds. The number of hydrogen-bond donors (Lipinski definition) is 1. The average Bonchev–Trinajstić information content (AvgIpc) is 3.30. The molecule has 3 atom stereocenters. The zero-order valence-electron chi connectivity index (χ0n) is 18.5. The van der Waals surface area contributed by atoms with E-state index in [1.807, 2.05) is 0 Å².